The molecule has 0 bridgehead atoms. The second-order valence-electron chi connectivity index (χ2n) is 4.75. The molecule has 1 aromatic carbocycles. The molecule has 2 nitrogen and oxygen atoms in total. The summed E-state index contributed by atoms with van der Waals surface area (Å²) < 4.78 is 0. The molecular weight excluding hydrogens is 184 g/mol. The van der Waals surface area contributed by atoms with E-state index in [4.69, 9.17) is 5.73 Å². The Morgan fingerprint density at radius 3 is 2.67 bits per heavy atom. The molecule has 0 heterocycles. The van der Waals surface area contributed by atoms with Gasteiger partial charge in [0.1, 0.15) is 0 Å². The Kier molecular flexibility index (Phi) is 3.08. The van der Waals surface area contributed by atoms with Gasteiger partial charge in [-0.25, -0.2) is 0 Å². The van der Waals surface area contributed by atoms with E-state index in [0.29, 0.717) is 0 Å². The van der Waals surface area contributed by atoms with Crippen LogP contribution in [0.15, 0.2) is 30.3 Å². The molecule has 0 radical (unpaired) electrons. The highest BCUT2D eigenvalue weighted by molar-refractivity contribution is 5.14. The first-order valence-corrected chi connectivity index (χ1v) is 5.74. The minimum atomic E-state index is 0.143. The second-order valence-corrected chi connectivity index (χ2v) is 4.75. The summed E-state index contributed by atoms with van der Waals surface area (Å²) >= 11 is 0. The van der Waals surface area contributed by atoms with E-state index in [1.165, 1.54) is 12.0 Å². The lowest BCUT2D eigenvalue weighted by Gasteiger charge is -2.10. The van der Waals surface area contributed by atoms with Gasteiger partial charge in [0.15, 0.2) is 0 Å². The van der Waals surface area contributed by atoms with E-state index in [2.05, 4.69) is 36.5 Å². The highest BCUT2D eigenvalue weighted by atomic mass is 14.9. The highest BCUT2D eigenvalue weighted by Gasteiger charge is 2.46. The molecule has 82 valence electrons. The SMILES string of the molecule is CC1CC1(N)CCNCc1ccccc1. The number of nitrogens with one attached hydrogen (secondary N) is 1. The van der Waals surface area contributed by atoms with Gasteiger partial charge in [-0.2, -0.15) is 0 Å². The van der Waals surface area contributed by atoms with E-state index in [9.17, 15) is 0 Å². The number of benzene rings is 1. The van der Waals surface area contributed by atoms with E-state index in [1.807, 2.05) is 6.07 Å². The van der Waals surface area contributed by atoms with Gasteiger partial charge in [0, 0.05) is 12.1 Å². The number of rotatable bonds is 5. The standard InChI is InChI=1S/C13H20N2/c1-11-9-13(11,14)7-8-15-10-12-5-3-2-4-6-12/h2-6,11,15H,7-10,14H2,1H3. The van der Waals surface area contributed by atoms with Gasteiger partial charge >= 0.3 is 0 Å². The van der Waals surface area contributed by atoms with Crippen LogP contribution in [0.1, 0.15) is 25.3 Å². The zero-order chi connectivity index (χ0) is 10.7. The van der Waals surface area contributed by atoms with Gasteiger partial charge in [-0.1, -0.05) is 37.3 Å². The maximum Gasteiger partial charge on any atom is 0.0205 e. The third kappa shape index (κ3) is 2.80. The van der Waals surface area contributed by atoms with Crippen LogP contribution >= 0.6 is 0 Å². The average Bonchev–Trinajstić information content (AvgIpc) is 2.84. The molecule has 0 spiro atoms. The molecule has 2 heteroatoms. The monoisotopic (exact) mass is 204 g/mol. The fraction of sp³-hybridized carbons (Fsp3) is 0.538. The van der Waals surface area contributed by atoms with Crippen molar-refractivity contribution < 1.29 is 0 Å². The fourth-order valence-corrected chi connectivity index (χ4v) is 2.01. The van der Waals surface area contributed by atoms with E-state index in [-0.39, 0.29) is 5.54 Å². The Labute approximate surface area is 91.9 Å². The predicted octanol–water partition coefficient (Wildman–Crippen LogP) is 1.90. The maximum atomic E-state index is 6.13. The average molecular weight is 204 g/mol. The zero-order valence-electron chi connectivity index (χ0n) is 9.37. The van der Waals surface area contributed by atoms with Gasteiger partial charge in [0.05, 0.1) is 0 Å². The number of nitrogens with two attached hydrogens (primary N) is 1. The quantitative estimate of drug-likeness (QED) is 0.719. The number of hydrogen-bond donors (Lipinski definition) is 2. The summed E-state index contributed by atoms with van der Waals surface area (Å²) in [7, 11) is 0. The lowest BCUT2D eigenvalue weighted by molar-refractivity contribution is 0.525. The molecular formula is C13H20N2. The molecule has 1 fully saturated rings. The maximum absolute atomic E-state index is 6.13. The lowest BCUT2D eigenvalue weighted by Crippen LogP contribution is -2.29. The van der Waals surface area contributed by atoms with E-state index < -0.39 is 0 Å². The molecule has 2 rings (SSSR count). The minimum Gasteiger partial charge on any atom is -0.325 e. The van der Waals surface area contributed by atoms with E-state index in [0.717, 1.165) is 25.4 Å². The molecule has 0 amide bonds. The van der Waals surface area contributed by atoms with Crippen molar-refractivity contribution in [2.45, 2.75) is 31.8 Å². The van der Waals surface area contributed by atoms with E-state index >= 15 is 0 Å². The third-order valence-electron chi connectivity index (χ3n) is 3.45. The fourth-order valence-electron chi connectivity index (χ4n) is 2.01. The molecule has 0 aliphatic heterocycles. The molecule has 1 aliphatic carbocycles. The Morgan fingerprint density at radius 1 is 1.40 bits per heavy atom. The molecule has 3 N–H and O–H groups in total. The van der Waals surface area contributed by atoms with Gasteiger partial charge in [0.25, 0.3) is 0 Å². The van der Waals surface area contributed by atoms with Crippen molar-refractivity contribution in [1.29, 1.82) is 0 Å². The van der Waals surface area contributed by atoms with Crippen LogP contribution in [0.4, 0.5) is 0 Å². The van der Waals surface area contributed by atoms with Crippen molar-refractivity contribution in [3.8, 4) is 0 Å². The van der Waals surface area contributed by atoms with Gasteiger partial charge in [-0.05, 0) is 30.9 Å². The molecule has 1 aromatic rings. The van der Waals surface area contributed by atoms with Gasteiger partial charge in [0.2, 0.25) is 0 Å². The lowest BCUT2D eigenvalue weighted by atomic mass is 10.1. The number of hydrogen-bond acceptors (Lipinski definition) is 2. The van der Waals surface area contributed by atoms with Crippen LogP contribution in [0.2, 0.25) is 0 Å². The van der Waals surface area contributed by atoms with Crippen molar-refractivity contribution in [2.75, 3.05) is 6.54 Å². The molecule has 2 unspecified atom stereocenters. The molecule has 15 heavy (non-hydrogen) atoms. The van der Waals surface area contributed by atoms with Crippen LogP contribution < -0.4 is 11.1 Å². The second kappa shape index (κ2) is 4.33. The topological polar surface area (TPSA) is 38.0 Å². The predicted molar refractivity (Wildman–Crippen MR) is 63.5 cm³/mol. The molecule has 2 atom stereocenters. The van der Waals surface area contributed by atoms with E-state index in [1.54, 1.807) is 0 Å². The molecule has 0 saturated heterocycles. The summed E-state index contributed by atoms with van der Waals surface area (Å²) in [6, 6.07) is 10.5. The van der Waals surface area contributed by atoms with Gasteiger partial charge in [-0.15, -0.1) is 0 Å². The Hall–Kier alpha value is -0.860. The highest BCUT2D eigenvalue weighted by Crippen LogP contribution is 2.42. The van der Waals surface area contributed by atoms with Crippen LogP contribution in [-0.2, 0) is 6.54 Å². The van der Waals surface area contributed by atoms with Crippen LogP contribution in [0.25, 0.3) is 0 Å². The summed E-state index contributed by atoms with van der Waals surface area (Å²) in [5.41, 5.74) is 7.61. The smallest absolute Gasteiger partial charge is 0.0205 e. The van der Waals surface area contributed by atoms with Crippen molar-refractivity contribution in [3.05, 3.63) is 35.9 Å². The minimum absolute atomic E-state index is 0.143. The van der Waals surface area contributed by atoms with Gasteiger partial charge < -0.3 is 11.1 Å². The van der Waals surface area contributed by atoms with Gasteiger partial charge in [-0.3, -0.25) is 0 Å². The molecule has 0 aromatic heterocycles. The van der Waals surface area contributed by atoms with Crippen molar-refractivity contribution >= 4 is 0 Å². The first kappa shape index (κ1) is 10.7. The van der Waals surface area contributed by atoms with Crippen LogP contribution in [0.5, 0.6) is 0 Å². The van der Waals surface area contributed by atoms with Crippen molar-refractivity contribution in [2.24, 2.45) is 11.7 Å². The molecule has 1 saturated carbocycles. The van der Waals surface area contributed by atoms with Crippen molar-refractivity contribution in [1.82, 2.24) is 5.32 Å². The first-order valence-electron chi connectivity index (χ1n) is 5.74. The van der Waals surface area contributed by atoms with Crippen LogP contribution in [0, 0.1) is 5.92 Å². The molecule has 1 aliphatic rings. The summed E-state index contributed by atoms with van der Waals surface area (Å²) in [5, 5.41) is 3.44. The van der Waals surface area contributed by atoms with Crippen LogP contribution in [-0.4, -0.2) is 12.1 Å². The largest absolute Gasteiger partial charge is 0.325 e. The summed E-state index contributed by atoms with van der Waals surface area (Å²) in [5.74, 6) is 0.719. The first-order chi connectivity index (χ1) is 7.21. The summed E-state index contributed by atoms with van der Waals surface area (Å²) in [6.45, 7) is 4.21. The Balaban J connectivity index is 1.64. The summed E-state index contributed by atoms with van der Waals surface area (Å²) in [6.07, 6.45) is 2.29. The normalized spacial score (nSPS) is 29.1. The zero-order valence-corrected chi connectivity index (χ0v) is 9.37. The Bertz CT molecular complexity index is 310. The van der Waals surface area contributed by atoms with Crippen molar-refractivity contribution in [3.63, 3.8) is 0 Å². The Morgan fingerprint density at radius 2 is 2.07 bits per heavy atom. The van der Waals surface area contributed by atoms with Crippen LogP contribution in [0.3, 0.4) is 0 Å². The summed E-state index contributed by atoms with van der Waals surface area (Å²) in [4.78, 5) is 0. The third-order valence-corrected chi connectivity index (χ3v) is 3.45.